The maximum atomic E-state index is 6.42. The first-order chi connectivity index (χ1) is 11.1. The lowest BCUT2D eigenvalue weighted by atomic mass is 9.99. The molecule has 0 saturated heterocycles. The zero-order valence-electron chi connectivity index (χ0n) is 13.2. The van der Waals surface area contributed by atoms with Crippen molar-refractivity contribution in [3.05, 3.63) is 72.7 Å². The van der Waals surface area contributed by atoms with E-state index in [1.165, 1.54) is 0 Å². The van der Waals surface area contributed by atoms with Gasteiger partial charge in [0.2, 0.25) is 0 Å². The predicted molar refractivity (Wildman–Crippen MR) is 92.1 cm³/mol. The van der Waals surface area contributed by atoms with Gasteiger partial charge < -0.3 is 15.5 Å². The molecular weight excluding hydrogens is 286 g/mol. The highest BCUT2D eigenvalue weighted by Crippen LogP contribution is 2.23. The molecule has 0 spiro atoms. The van der Waals surface area contributed by atoms with Gasteiger partial charge in [-0.05, 0) is 24.6 Å². The number of nitrogens with two attached hydrogens (primary N) is 1. The van der Waals surface area contributed by atoms with Crippen LogP contribution in [0.1, 0.15) is 19.2 Å². The van der Waals surface area contributed by atoms with Crippen LogP contribution in [0.4, 0.5) is 0 Å². The molecule has 1 atom stereocenters. The van der Waals surface area contributed by atoms with E-state index in [0.717, 1.165) is 22.8 Å². The molecule has 0 aliphatic rings. The van der Waals surface area contributed by atoms with Gasteiger partial charge in [-0.2, -0.15) is 0 Å². The number of aromatic amines is 1. The van der Waals surface area contributed by atoms with Gasteiger partial charge >= 0.3 is 0 Å². The zero-order chi connectivity index (χ0) is 16.1. The molecule has 4 heteroatoms. The van der Waals surface area contributed by atoms with E-state index in [-0.39, 0.29) is 0 Å². The van der Waals surface area contributed by atoms with Gasteiger partial charge in [-0.25, -0.2) is 4.98 Å². The molecule has 0 aliphatic heterocycles. The number of imidazole rings is 1. The van der Waals surface area contributed by atoms with Crippen LogP contribution in [0.5, 0.6) is 5.75 Å². The largest absolute Gasteiger partial charge is 0.494 e. The van der Waals surface area contributed by atoms with Crippen molar-refractivity contribution in [1.29, 1.82) is 0 Å². The van der Waals surface area contributed by atoms with Gasteiger partial charge in [0.05, 0.1) is 24.0 Å². The maximum Gasteiger partial charge on any atom is 0.126 e. The van der Waals surface area contributed by atoms with E-state index in [1.54, 1.807) is 0 Å². The number of benzene rings is 2. The van der Waals surface area contributed by atoms with Crippen LogP contribution in [0.15, 0.2) is 66.9 Å². The smallest absolute Gasteiger partial charge is 0.126 e. The Hall–Kier alpha value is -2.59. The van der Waals surface area contributed by atoms with Crippen molar-refractivity contribution in [2.75, 3.05) is 6.61 Å². The van der Waals surface area contributed by atoms with Crippen molar-refractivity contribution in [3.8, 4) is 17.0 Å². The number of hydrogen-bond acceptors (Lipinski definition) is 3. The maximum absolute atomic E-state index is 6.42. The van der Waals surface area contributed by atoms with Crippen LogP contribution in [0.25, 0.3) is 11.3 Å². The highest BCUT2D eigenvalue weighted by molar-refractivity contribution is 5.58. The quantitative estimate of drug-likeness (QED) is 0.729. The average Bonchev–Trinajstić information content (AvgIpc) is 3.07. The zero-order valence-corrected chi connectivity index (χ0v) is 13.2. The van der Waals surface area contributed by atoms with Gasteiger partial charge in [0.25, 0.3) is 0 Å². The first-order valence-corrected chi connectivity index (χ1v) is 7.73. The summed E-state index contributed by atoms with van der Waals surface area (Å²) in [5, 5.41) is 0. The van der Waals surface area contributed by atoms with Crippen molar-refractivity contribution < 1.29 is 4.74 Å². The molecule has 0 aliphatic carbocycles. The second-order valence-electron chi connectivity index (χ2n) is 5.84. The predicted octanol–water partition coefficient (Wildman–Crippen LogP) is 3.72. The molecule has 0 radical (unpaired) electrons. The second kappa shape index (κ2) is 6.67. The van der Waals surface area contributed by atoms with Gasteiger partial charge in [0, 0.05) is 6.42 Å². The van der Waals surface area contributed by atoms with E-state index in [1.807, 2.05) is 73.8 Å². The molecule has 3 aromatic rings. The van der Waals surface area contributed by atoms with Crippen LogP contribution in [0.2, 0.25) is 0 Å². The molecular formula is C19H21N3O. The third-order valence-electron chi connectivity index (χ3n) is 3.83. The molecule has 0 fully saturated rings. The van der Waals surface area contributed by atoms with Crippen molar-refractivity contribution >= 4 is 0 Å². The summed E-state index contributed by atoms with van der Waals surface area (Å²) in [6.07, 6.45) is 2.50. The van der Waals surface area contributed by atoms with Crippen molar-refractivity contribution in [1.82, 2.24) is 9.97 Å². The molecule has 4 nitrogen and oxygen atoms in total. The Morgan fingerprint density at radius 1 is 1.04 bits per heavy atom. The highest BCUT2D eigenvalue weighted by Gasteiger charge is 2.25. The van der Waals surface area contributed by atoms with Gasteiger partial charge in [0.1, 0.15) is 11.6 Å². The number of H-pyrrole nitrogens is 1. The lowest BCUT2D eigenvalue weighted by Crippen LogP contribution is -2.36. The standard InChI is InChI=1S/C19H21N3O/c1-19(20,12-13-23-16-10-6-3-7-11-16)18-21-14-17(22-18)15-8-4-2-5-9-15/h2-11,14H,12-13,20H2,1H3,(H,21,22). The fourth-order valence-electron chi connectivity index (χ4n) is 2.39. The summed E-state index contributed by atoms with van der Waals surface area (Å²) in [6.45, 7) is 2.51. The number of ether oxygens (including phenoxy) is 1. The molecule has 3 N–H and O–H groups in total. The Bertz CT molecular complexity index is 736. The number of nitrogens with zero attached hydrogens (tertiary/aromatic N) is 1. The van der Waals surface area contributed by atoms with Crippen LogP contribution >= 0.6 is 0 Å². The molecule has 1 aromatic heterocycles. The molecule has 118 valence electrons. The van der Waals surface area contributed by atoms with Crippen molar-refractivity contribution in [2.45, 2.75) is 18.9 Å². The van der Waals surface area contributed by atoms with Crippen molar-refractivity contribution in [3.63, 3.8) is 0 Å². The third-order valence-corrected chi connectivity index (χ3v) is 3.83. The lowest BCUT2D eigenvalue weighted by Gasteiger charge is -2.22. The fourth-order valence-corrected chi connectivity index (χ4v) is 2.39. The minimum absolute atomic E-state index is 0.540. The van der Waals surface area contributed by atoms with Crippen LogP contribution in [-0.4, -0.2) is 16.6 Å². The molecule has 0 bridgehead atoms. The van der Waals surface area contributed by atoms with Crippen LogP contribution in [-0.2, 0) is 5.54 Å². The Morgan fingerprint density at radius 2 is 1.70 bits per heavy atom. The minimum atomic E-state index is -0.568. The summed E-state index contributed by atoms with van der Waals surface area (Å²) in [7, 11) is 0. The summed E-state index contributed by atoms with van der Waals surface area (Å²) in [6, 6.07) is 19.8. The molecule has 0 saturated carbocycles. The summed E-state index contributed by atoms with van der Waals surface area (Å²) in [4.78, 5) is 7.78. The molecule has 3 rings (SSSR count). The SMILES string of the molecule is CC(N)(CCOc1ccccc1)c1ncc(-c2ccccc2)[nH]1. The first-order valence-electron chi connectivity index (χ1n) is 7.73. The molecule has 1 heterocycles. The summed E-state index contributed by atoms with van der Waals surface area (Å²) in [5.74, 6) is 1.63. The van der Waals surface area contributed by atoms with Crippen LogP contribution in [0, 0.1) is 0 Å². The third kappa shape index (κ3) is 3.79. The normalized spacial score (nSPS) is 13.5. The van der Waals surface area contributed by atoms with E-state index in [9.17, 15) is 0 Å². The highest BCUT2D eigenvalue weighted by atomic mass is 16.5. The summed E-state index contributed by atoms with van der Waals surface area (Å²) < 4.78 is 5.73. The van der Waals surface area contributed by atoms with Crippen LogP contribution < -0.4 is 10.5 Å². The van der Waals surface area contributed by atoms with Gasteiger partial charge in [0.15, 0.2) is 0 Å². The second-order valence-corrected chi connectivity index (χ2v) is 5.84. The minimum Gasteiger partial charge on any atom is -0.494 e. The number of para-hydroxylation sites is 1. The van der Waals surface area contributed by atoms with Gasteiger partial charge in [-0.15, -0.1) is 0 Å². The van der Waals surface area contributed by atoms with E-state index in [2.05, 4.69) is 9.97 Å². The summed E-state index contributed by atoms with van der Waals surface area (Å²) >= 11 is 0. The first kappa shape index (κ1) is 15.3. The molecule has 2 aromatic carbocycles. The lowest BCUT2D eigenvalue weighted by molar-refractivity contribution is 0.262. The average molecular weight is 307 g/mol. The molecule has 1 unspecified atom stereocenters. The number of aromatic nitrogens is 2. The topological polar surface area (TPSA) is 63.9 Å². The molecule has 23 heavy (non-hydrogen) atoms. The monoisotopic (exact) mass is 307 g/mol. The molecule has 0 amide bonds. The van der Waals surface area contributed by atoms with E-state index < -0.39 is 5.54 Å². The van der Waals surface area contributed by atoms with Gasteiger partial charge in [-0.1, -0.05) is 48.5 Å². The van der Waals surface area contributed by atoms with Crippen molar-refractivity contribution in [2.24, 2.45) is 5.73 Å². The fraction of sp³-hybridized carbons (Fsp3) is 0.211. The van der Waals surface area contributed by atoms with E-state index in [4.69, 9.17) is 10.5 Å². The van der Waals surface area contributed by atoms with E-state index >= 15 is 0 Å². The number of hydrogen-bond donors (Lipinski definition) is 2. The number of rotatable bonds is 6. The van der Waals surface area contributed by atoms with E-state index in [0.29, 0.717) is 13.0 Å². The summed E-state index contributed by atoms with van der Waals surface area (Å²) in [5.41, 5.74) is 7.93. The van der Waals surface area contributed by atoms with Crippen LogP contribution in [0.3, 0.4) is 0 Å². The Kier molecular flexibility index (Phi) is 4.44. The number of nitrogens with one attached hydrogen (secondary N) is 1. The van der Waals surface area contributed by atoms with Gasteiger partial charge in [-0.3, -0.25) is 0 Å². The Morgan fingerprint density at radius 3 is 2.39 bits per heavy atom. The Balaban J connectivity index is 1.64. The Labute approximate surface area is 136 Å².